The van der Waals surface area contributed by atoms with E-state index in [0.717, 1.165) is 136 Å². The van der Waals surface area contributed by atoms with Gasteiger partial charge in [0.05, 0.1) is 2.74 Å². The van der Waals surface area contributed by atoms with E-state index < -0.39 is 0 Å². The van der Waals surface area contributed by atoms with Gasteiger partial charge in [-0.2, -0.15) is 0 Å². The van der Waals surface area contributed by atoms with Gasteiger partial charge in [-0.15, -0.1) is 0 Å². The molecule has 0 aliphatic heterocycles. The van der Waals surface area contributed by atoms with Crippen molar-refractivity contribution in [1.29, 1.82) is 0 Å². The second-order valence-electron chi connectivity index (χ2n) is 28.0. The summed E-state index contributed by atoms with van der Waals surface area (Å²) in [6.07, 6.45) is 0. The minimum Gasteiger partial charge on any atom is -0.457 e. The number of anilines is 18. The van der Waals surface area contributed by atoms with Gasteiger partial charge in [0, 0.05) is 102 Å². The third-order valence-electron chi connectivity index (χ3n) is 20.6. The summed E-state index contributed by atoms with van der Waals surface area (Å²) >= 11 is 0. The second-order valence-corrected chi connectivity index (χ2v) is 28.0. The van der Waals surface area contributed by atoms with Crippen LogP contribution in [0, 0.1) is 0 Å². The minimum atomic E-state index is 0.422. The van der Waals surface area contributed by atoms with E-state index in [0.29, 0.717) is 35.1 Å². The zero-order chi connectivity index (χ0) is 79.4. The van der Waals surface area contributed by atoms with E-state index in [-0.39, 0.29) is 0 Å². The lowest BCUT2D eigenvalue weighted by atomic mass is 10.0. The van der Waals surface area contributed by atoms with Gasteiger partial charge in [-0.25, -0.2) is 0 Å². The van der Waals surface area contributed by atoms with Gasteiger partial charge in [0.25, 0.3) is 0 Å². The summed E-state index contributed by atoms with van der Waals surface area (Å²) in [6, 6.07) is 164. The highest BCUT2D eigenvalue weighted by Crippen LogP contribution is 2.45. The fourth-order valence-corrected chi connectivity index (χ4v) is 14.9. The van der Waals surface area contributed by atoms with Crippen LogP contribution < -0.4 is 38.9 Å². The Hall–Kier alpha value is -15.6. The molecule has 0 saturated heterocycles. The number of benzene rings is 18. The maximum Gasteiger partial charge on any atom is 0.127 e. The molecular formula is C108H80N6O2. The number of ether oxygens (including phenoxy) is 2. The molecule has 0 bridgehead atoms. The van der Waals surface area contributed by atoms with Crippen molar-refractivity contribution in [3.05, 3.63) is 485 Å². The van der Waals surface area contributed by atoms with Crippen LogP contribution in [0.3, 0.4) is 0 Å². The Bertz CT molecular complexity index is 5880. The number of hydrogen-bond acceptors (Lipinski definition) is 8. The van der Waals surface area contributed by atoms with Gasteiger partial charge in [-0.05, 0) is 300 Å². The van der Waals surface area contributed by atoms with Crippen molar-refractivity contribution in [3.63, 3.8) is 0 Å². The first kappa shape index (κ1) is 69.5. The summed E-state index contributed by atoms with van der Waals surface area (Å²) in [7, 11) is 0. The summed E-state index contributed by atoms with van der Waals surface area (Å²) in [5.74, 6) is 2.71. The van der Waals surface area contributed by atoms with E-state index in [4.69, 9.17) is 12.2 Å². The van der Waals surface area contributed by atoms with Gasteiger partial charge in [-0.1, -0.05) is 218 Å². The summed E-state index contributed by atoms with van der Waals surface area (Å²) in [5.41, 5.74) is 24.6. The molecule has 0 radical (unpaired) electrons. The highest BCUT2D eigenvalue weighted by atomic mass is 16.5. The highest BCUT2D eigenvalue weighted by Gasteiger charge is 2.21. The molecular weight excluding hydrogens is 1410 g/mol. The van der Waals surface area contributed by atoms with Crippen LogP contribution in [-0.4, -0.2) is 0 Å². The molecule has 0 atom stereocenters. The van der Waals surface area contributed by atoms with E-state index in [1.807, 2.05) is 121 Å². The number of nitrogens with zero attached hydrogens (tertiary/aromatic N) is 6. The van der Waals surface area contributed by atoms with E-state index in [1.54, 1.807) is 12.1 Å². The Kier molecular flexibility index (Phi) is 20.3. The molecule has 0 saturated carbocycles. The fraction of sp³-hybridized carbons (Fsp3) is 0. The lowest BCUT2D eigenvalue weighted by molar-refractivity contribution is 0.482. The Morgan fingerprint density at radius 1 is 0.121 bits per heavy atom. The van der Waals surface area contributed by atoms with Crippen molar-refractivity contribution in [3.8, 4) is 56.4 Å². The molecule has 8 nitrogen and oxygen atoms in total. The molecule has 0 amide bonds. The average Bonchev–Trinajstić information content (AvgIpc) is 0.774. The summed E-state index contributed by atoms with van der Waals surface area (Å²) in [6.45, 7) is 0. The van der Waals surface area contributed by atoms with E-state index >= 15 is 0 Å². The van der Waals surface area contributed by atoms with Crippen LogP contribution in [0.4, 0.5) is 102 Å². The van der Waals surface area contributed by atoms with E-state index in [9.17, 15) is 0 Å². The minimum absolute atomic E-state index is 0.422. The molecule has 0 aliphatic carbocycles. The van der Waals surface area contributed by atoms with Crippen molar-refractivity contribution in [1.82, 2.24) is 0 Å². The lowest BCUT2D eigenvalue weighted by Crippen LogP contribution is -2.10. The largest absolute Gasteiger partial charge is 0.457 e. The van der Waals surface area contributed by atoms with Crippen molar-refractivity contribution in [2.45, 2.75) is 0 Å². The molecule has 0 aliphatic rings. The Morgan fingerprint density at radius 2 is 0.241 bits per heavy atom. The third kappa shape index (κ3) is 16.1. The molecule has 18 aromatic rings. The standard InChI is InChI=1S/C108H80N6O2/c1-9-25-87(26-10-1)109(88-27-11-2-12-28-88)95-53-41-81(42-54-95)84-47-59-98(60-48-84)112(93-37-21-7-22-38-93)101-65-73-105(74-66-101)115-107-77-69-103(70-78-107)114(100-63-51-86(52-64-100)83-45-57-97(58-46-83)111(91-33-17-5-18-34-91)92-35-19-6-20-36-92)104-71-79-108(80-72-104)116-106-75-67-102(68-76-106)113(94-39-23-8-24-40-94)99-61-49-85(50-62-99)82-43-55-96(56-44-82)110(89-29-13-3-14-30-89)90-31-15-4-16-32-90/h1-80H/i21T,23T. The molecule has 8 heteroatoms. The topological polar surface area (TPSA) is 37.9 Å². The van der Waals surface area contributed by atoms with Gasteiger partial charge >= 0.3 is 0 Å². The monoisotopic (exact) mass is 1500 g/mol. The third-order valence-corrected chi connectivity index (χ3v) is 20.6. The summed E-state index contributed by atoms with van der Waals surface area (Å²) in [4.78, 5) is 13.4. The smallest absolute Gasteiger partial charge is 0.127 e. The van der Waals surface area contributed by atoms with Crippen LogP contribution in [0.2, 0.25) is 0 Å². The molecule has 0 aromatic heterocycles. The van der Waals surface area contributed by atoms with Crippen LogP contribution >= 0.6 is 0 Å². The maximum absolute atomic E-state index is 8.65. The molecule has 0 spiro atoms. The molecule has 0 N–H and O–H groups in total. The van der Waals surface area contributed by atoms with Gasteiger partial charge in [0.2, 0.25) is 0 Å². The molecule has 0 unspecified atom stereocenters. The summed E-state index contributed by atoms with van der Waals surface area (Å²) < 4.78 is 30.6. The van der Waals surface area contributed by atoms with E-state index in [2.05, 4.69) is 369 Å². The van der Waals surface area contributed by atoms with E-state index in [1.165, 1.54) is 0 Å². The van der Waals surface area contributed by atoms with Crippen LogP contribution in [0.5, 0.6) is 23.0 Å². The van der Waals surface area contributed by atoms with Gasteiger partial charge < -0.3 is 38.9 Å². The lowest BCUT2D eigenvalue weighted by Gasteiger charge is -2.27. The Balaban J connectivity index is 0.595. The van der Waals surface area contributed by atoms with Gasteiger partial charge in [-0.3, -0.25) is 0 Å². The summed E-state index contributed by atoms with van der Waals surface area (Å²) in [5, 5.41) is 0. The number of rotatable bonds is 25. The molecule has 116 heavy (non-hydrogen) atoms. The average molecular weight is 1500 g/mol. The molecule has 554 valence electrons. The molecule has 0 heterocycles. The van der Waals surface area contributed by atoms with Crippen LogP contribution in [-0.2, 0) is 0 Å². The normalized spacial score (nSPS) is 11.2. The van der Waals surface area contributed by atoms with Crippen molar-refractivity contribution in [2.24, 2.45) is 0 Å². The fourth-order valence-electron chi connectivity index (χ4n) is 14.9. The van der Waals surface area contributed by atoms with Gasteiger partial charge in [0.1, 0.15) is 23.0 Å². The van der Waals surface area contributed by atoms with Crippen molar-refractivity contribution < 1.29 is 12.2 Å². The Morgan fingerprint density at radius 3 is 0.388 bits per heavy atom. The first-order chi connectivity index (χ1) is 58.3. The van der Waals surface area contributed by atoms with Crippen LogP contribution in [0.25, 0.3) is 33.4 Å². The van der Waals surface area contributed by atoms with Crippen molar-refractivity contribution in [2.75, 3.05) is 29.4 Å². The van der Waals surface area contributed by atoms with Crippen LogP contribution in [0.15, 0.2) is 485 Å². The second kappa shape index (κ2) is 33.9. The first-order valence-corrected chi connectivity index (χ1v) is 38.9. The Labute approximate surface area is 681 Å². The molecule has 18 rings (SSSR count). The first-order valence-electron chi connectivity index (χ1n) is 39.9. The molecule has 18 aromatic carbocycles. The predicted octanol–water partition coefficient (Wildman–Crippen LogP) is 31.1. The van der Waals surface area contributed by atoms with Gasteiger partial charge in [0.15, 0.2) is 0 Å². The maximum atomic E-state index is 8.65. The predicted molar refractivity (Wildman–Crippen MR) is 484 cm³/mol. The SMILES string of the molecule is [3H]c1cccc(N(c2ccc(Oc3ccc(N(c4ccc(Oc5ccc(N(c6ccc(-c7ccc(N(c8ccccc8)c8ccccc8)cc7)cc6)c6cccc([3H])c6)cc5)cc4)c4ccc(-c5ccc(N(c6ccccc6)c6ccccc6)cc5)cc4)cc3)cc2)c2ccc(-c3ccc(N(c4ccccc4)c4ccccc4)cc3)cc2)c1. The molecule has 0 fully saturated rings. The van der Waals surface area contributed by atoms with Crippen molar-refractivity contribution >= 4 is 102 Å². The zero-order valence-corrected chi connectivity index (χ0v) is 63.5. The quantitative estimate of drug-likeness (QED) is 0.0560. The number of para-hydroxylation sites is 8. The zero-order valence-electron chi connectivity index (χ0n) is 65.5. The number of hydrogen-bond donors (Lipinski definition) is 0. The van der Waals surface area contributed by atoms with Crippen LogP contribution in [0.1, 0.15) is 2.74 Å². The highest BCUT2D eigenvalue weighted by molar-refractivity contribution is 5.86.